The van der Waals surface area contributed by atoms with Crippen molar-refractivity contribution >= 4 is 5.91 Å². The van der Waals surface area contributed by atoms with Crippen LogP contribution in [0.1, 0.15) is 11.1 Å². The fourth-order valence-corrected chi connectivity index (χ4v) is 3.32. The zero-order chi connectivity index (χ0) is 16.8. The van der Waals surface area contributed by atoms with Gasteiger partial charge in [-0.3, -0.25) is 14.6 Å². The summed E-state index contributed by atoms with van der Waals surface area (Å²) in [7, 11) is 0. The topological polar surface area (TPSA) is 36.0 Å². The second kappa shape index (κ2) is 8.60. The highest BCUT2D eigenvalue weighted by molar-refractivity contribution is 5.78. The van der Waals surface area contributed by atoms with Gasteiger partial charge in [0.05, 0.1) is 19.6 Å². The number of ether oxygens (including phenoxy) is 1. The van der Waals surface area contributed by atoms with E-state index in [0.29, 0.717) is 6.42 Å². The molecule has 0 atom stereocenters. The molecule has 0 bridgehead atoms. The largest absolute Gasteiger partial charge is 0.379 e. The second-order valence-corrected chi connectivity index (χ2v) is 6.84. The van der Waals surface area contributed by atoms with Gasteiger partial charge in [0.2, 0.25) is 5.91 Å². The van der Waals surface area contributed by atoms with E-state index in [9.17, 15) is 4.79 Å². The molecule has 2 aliphatic heterocycles. The Hall–Kier alpha value is -1.43. The lowest BCUT2D eigenvalue weighted by atomic mass is 10.1. The molecule has 5 nitrogen and oxygen atoms in total. The fourth-order valence-electron chi connectivity index (χ4n) is 3.32. The Bertz CT molecular complexity index is 518. The normalized spacial score (nSPS) is 20.3. The first-order chi connectivity index (χ1) is 11.7. The number of aryl methyl sites for hydroxylation is 1. The van der Waals surface area contributed by atoms with Crippen LogP contribution in [0.2, 0.25) is 0 Å². The van der Waals surface area contributed by atoms with E-state index >= 15 is 0 Å². The lowest BCUT2D eigenvalue weighted by Gasteiger charge is -2.36. The highest BCUT2D eigenvalue weighted by atomic mass is 16.5. The van der Waals surface area contributed by atoms with Crippen molar-refractivity contribution in [3.8, 4) is 0 Å². The number of benzene rings is 1. The number of morpholine rings is 1. The third-order valence-corrected chi connectivity index (χ3v) is 5.04. The van der Waals surface area contributed by atoms with E-state index in [1.54, 1.807) is 0 Å². The number of nitrogens with zero attached hydrogens (tertiary/aromatic N) is 3. The van der Waals surface area contributed by atoms with Gasteiger partial charge in [0.1, 0.15) is 0 Å². The minimum absolute atomic E-state index is 0.256. The summed E-state index contributed by atoms with van der Waals surface area (Å²) in [6.45, 7) is 11.8. The molecule has 3 rings (SSSR count). The monoisotopic (exact) mass is 331 g/mol. The van der Waals surface area contributed by atoms with Crippen LogP contribution in [0.4, 0.5) is 0 Å². The van der Waals surface area contributed by atoms with Crippen LogP contribution in [0.3, 0.4) is 0 Å². The van der Waals surface area contributed by atoms with E-state index in [2.05, 4.69) is 41.0 Å². The van der Waals surface area contributed by atoms with Crippen molar-refractivity contribution in [2.75, 3.05) is 65.6 Å². The molecule has 5 heteroatoms. The summed E-state index contributed by atoms with van der Waals surface area (Å²) in [6.07, 6.45) is 0.522. The SMILES string of the molecule is Cc1ccc(CC(=O)N2CCN(CCN3CCOCC3)CC2)cc1. The first kappa shape index (κ1) is 17.4. The molecule has 0 unspecified atom stereocenters. The minimum atomic E-state index is 0.256. The van der Waals surface area contributed by atoms with Crippen molar-refractivity contribution in [3.05, 3.63) is 35.4 Å². The number of carbonyl (C=O) groups is 1. The van der Waals surface area contributed by atoms with Gasteiger partial charge >= 0.3 is 0 Å². The molecule has 2 heterocycles. The molecule has 0 N–H and O–H groups in total. The smallest absolute Gasteiger partial charge is 0.227 e. The van der Waals surface area contributed by atoms with E-state index < -0.39 is 0 Å². The van der Waals surface area contributed by atoms with E-state index in [1.807, 2.05) is 4.90 Å². The van der Waals surface area contributed by atoms with Crippen molar-refractivity contribution in [2.45, 2.75) is 13.3 Å². The maximum atomic E-state index is 12.4. The summed E-state index contributed by atoms with van der Waals surface area (Å²) in [6, 6.07) is 8.27. The van der Waals surface area contributed by atoms with E-state index in [1.165, 1.54) is 5.56 Å². The summed E-state index contributed by atoms with van der Waals surface area (Å²) in [5.41, 5.74) is 2.35. The van der Waals surface area contributed by atoms with Crippen LogP contribution < -0.4 is 0 Å². The Morgan fingerprint density at radius 3 is 2.12 bits per heavy atom. The molecule has 2 saturated heterocycles. The average Bonchev–Trinajstić information content (AvgIpc) is 2.63. The molecule has 2 aliphatic rings. The predicted octanol–water partition coefficient (Wildman–Crippen LogP) is 1.01. The highest BCUT2D eigenvalue weighted by Crippen LogP contribution is 2.09. The number of hydrogen-bond acceptors (Lipinski definition) is 4. The number of hydrogen-bond donors (Lipinski definition) is 0. The van der Waals surface area contributed by atoms with Gasteiger partial charge in [-0.05, 0) is 12.5 Å². The van der Waals surface area contributed by atoms with Gasteiger partial charge in [0.15, 0.2) is 0 Å². The van der Waals surface area contributed by atoms with Crippen molar-refractivity contribution in [2.24, 2.45) is 0 Å². The molecule has 0 spiro atoms. The summed E-state index contributed by atoms with van der Waals surface area (Å²) >= 11 is 0. The molecular weight excluding hydrogens is 302 g/mol. The molecule has 24 heavy (non-hydrogen) atoms. The second-order valence-electron chi connectivity index (χ2n) is 6.84. The van der Waals surface area contributed by atoms with Crippen molar-refractivity contribution in [1.82, 2.24) is 14.7 Å². The Morgan fingerprint density at radius 1 is 0.917 bits per heavy atom. The van der Waals surface area contributed by atoms with Gasteiger partial charge in [-0.25, -0.2) is 0 Å². The third kappa shape index (κ3) is 5.03. The Balaban J connectivity index is 1.38. The Labute approximate surface area is 145 Å². The lowest BCUT2D eigenvalue weighted by molar-refractivity contribution is -0.132. The summed E-state index contributed by atoms with van der Waals surface area (Å²) in [5, 5.41) is 0. The highest BCUT2D eigenvalue weighted by Gasteiger charge is 2.21. The minimum Gasteiger partial charge on any atom is -0.379 e. The Kier molecular flexibility index (Phi) is 6.24. The van der Waals surface area contributed by atoms with Crippen LogP contribution in [-0.4, -0.2) is 86.2 Å². The first-order valence-electron chi connectivity index (χ1n) is 9.06. The van der Waals surface area contributed by atoms with Crippen molar-refractivity contribution in [1.29, 1.82) is 0 Å². The number of rotatable bonds is 5. The lowest BCUT2D eigenvalue weighted by Crippen LogP contribution is -2.51. The van der Waals surface area contributed by atoms with Crippen LogP contribution in [0.25, 0.3) is 0 Å². The van der Waals surface area contributed by atoms with Crippen molar-refractivity contribution in [3.63, 3.8) is 0 Å². The molecule has 1 aromatic rings. The van der Waals surface area contributed by atoms with Gasteiger partial charge < -0.3 is 9.64 Å². The molecule has 1 aromatic carbocycles. The first-order valence-corrected chi connectivity index (χ1v) is 9.06. The summed E-state index contributed by atoms with van der Waals surface area (Å²) in [5.74, 6) is 0.256. The van der Waals surface area contributed by atoms with Crippen LogP contribution in [-0.2, 0) is 16.0 Å². The van der Waals surface area contributed by atoms with Crippen LogP contribution in [0, 0.1) is 6.92 Å². The number of amides is 1. The molecule has 0 aliphatic carbocycles. The maximum absolute atomic E-state index is 12.4. The van der Waals surface area contributed by atoms with Crippen LogP contribution in [0.15, 0.2) is 24.3 Å². The Morgan fingerprint density at radius 2 is 1.50 bits per heavy atom. The average molecular weight is 331 g/mol. The van der Waals surface area contributed by atoms with Gasteiger partial charge in [-0.1, -0.05) is 29.8 Å². The van der Waals surface area contributed by atoms with Crippen LogP contribution >= 0.6 is 0 Å². The molecule has 0 radical (unpaired) electrons. The van der Waals surface area contributed by atoms with Crippen LogP contribution in [0.5, 0.6) is 0 Å². The summed E-state index contributed by atoms with van der Waals surface area (Å²) < 4.78 is 5.39. The molecule has 132 valence electrons. The van der Waals surface area contributed by atoms with Gasteiger partial charge in [0.25, 0.3) is 0 Å². The quantitative estimate of drug-likeness (QED) is 0.807. The maximum Gasteiger partial charge on any atom is 0.227 e. The van der Waals surface area contributed by atoms with E-state index in [-0.39, 0.29) is 5.91 Å². The summed E-state index contributed by atoms with van der Waals surface area (Å²) in [4.78, 5) is 19.4. The molecule has 2 fully saturated rings. The fraction of sp³-hybridized carbons (Fsp3) is 0.632. The zero-order valence-corrected chi connectivity index (χ0v) is 14.7. The van der Waals surface area contributed by atoms with Crippen molar-refractivity contribution < 1.29 is 9.53 Å². The van der Waals surface area contributed by atoms with E-state index in [4.69, 9.17) is 4.74 Å². The van der Waals surface area contributed by atoms with Gasteiger partial charge in [0, 0.05) is 52.4 Å². The number of piperazine rings is 1. The predicted molar refractivity (Wildman–Crippen MR) is 95.2 cm³/mol. The van der Waals surface area contributed by atoms with Gasteiger partial charge in [-0.15, -0.1) is 0 Å². The molecule has 0 aromatic heterocycles. The molecule has 0 saturated carbocycles. The van der Waals surface area contributed by atoms with E-state index in [0.717, 1.165) is 71.1 Å². The zero-order valence-electron chi connectivity index (χ0n) is 14.7. The molecule has 1 amide bonds. The van der Waals surface area contributed by atoms with Gasteiger partial charge in [-0.2, -0.15) is 0 Å². The number of carbonyl (C=O) groups excluding carboxylic acids is 1. The molecular formula is C19H29N3O2. The third-order valence-electron chi connectivity index (χ3n) is 5.04. The standard InChI is InChI=1S/C19H29N3O2/c1-17-2-4-18(5-3-17)16-19(23)22-10-8-20(9-11-22)6-7-21-12-14-24-15-13-21/h2-5H,6-16H2,1H3.